The maximum atomic E-state index is 13.4. The van der Waals surface area contributed by atoms with Crippen LogP contribution in [0.15, 0.2) is 46.1 Å². The number of H-pyrrole nitrogens is 1. The number of aromatic nitrogens is 2. The molecule has 3 aliphatic rings. The molecule has 4 unspecified atom stereocenters. The van der Waals surface area contributed by atoms with Crippen molar-refractivity contribution in [2.45, 2.75) is 120 Å². The first-order chi connectivity index (χ1) is 28.4. The summed E-state index contributed by atoms with van der Waals surface area (Å²) in [6.07, 6.45) is 8.62. The number of fused-ring (bicyclic) bond motifs is 1. The van der Waals surface area contributed by atoms with E-state index in [1.807, 2.05) is 36.0 Å². The molecule has 16 nitrogen and oxygen atoms in total. The zero-order chi connectivity index (χ0) is 43.6. The monoisotopic (exact) mass is 873 g/mol. The topological polar surface area (TPSA) is 215 Å². The molecular weight excluding hydrogens is 814 g/mol. The number of carbonyl (C=O) groups excluding carboxylic acids is 4. The lowest BCUT2D eigenvalue weighted by Crippen LogP contribution is -2.40. The van der Waals surface area contributed by atoms with Crippen LogP contribution in [0, 0.1) is 5.92 Å². The van der Waals surface area contributed by atoms with Crippen LogP contribution in [0.4, 0.5) is 0 Å². The Bertz CT molecular complexity index is 2020. The predicted octanol–water partition coefficient (Wildman–Crippen LogP) is 4.51. The maximum absolute atomic E-state index is 13.4. The summed E-state index contributed by atoms with van der Waals surface area (Å²) in [5, 5.41) is 6.07. The molecule has 5 rings (SSSR count). The van der Waals surface area contributed by atoms with Crippen molar-refractivity contribution >= 4 is 49.1 Å². The Kier molecular flexibility index (Phi) is 16.7. The van der Waals surface area contributed by atoms with Crippen molar-refractivity contribution in [3.63, 3.8) is 0 Å². The van der Waals surface area contributed by atoms with E-state index >= 15 is 0 Å². The summed E-state index contributed by atoms with van der Waals surface area (Å²) in [4.78, 5) is 89.4. The lowest BCUT2D eigenvalue weighted by atomic mass is 9.86. The van der Waals surface area contributed by atoms with E-state index in [0.29, 0.717) is 36.7 Å². The number of nitrogens with zero attached hydrogens (tertiary/aromatic N) is 2. The minimum absolute atomic E-state index is 0.0188. The molecular formula is C42H60N5O11PS. The summed E-state index contributed by atoms with van der Waals surface area (Å²) in [6, 6.07) is 7.52. The zero-order valence-electron chi connectivity index (χ0n) is 35.2. The fraction of sp³-hybridized carbons (Fsp3) is 0.619. The van der Waals surface area contributed by atoms with E-state index in [4.69, 9.17) is 14.0 Å². The SMILES string of the molecule is CO[C@@H]1C[C@H](n2cc(/C=C/C(=O)NCCCCCCNC(=O)CCCCC3SCC4C3CC(=O)N4C(=O)c3ccc(C(C)(C)C)cc3)c(=O)[nH]c2=O)O[C@@H]1COP(C)(=O)O. The first-order valence-electron chi connectivity index (χ1n) is 20.7. The molecule has 330 valence electrons. The fourth-order valence-corrected chi connectivity index (χ4v) is 9.97. The molecule has 1 aromatic heterocycles. The molecule has 0 saturated carbocycles. The standard InChI is InChI=1S/C42H60N5O11PS/c1-42(2,3)29-17-14-27(15-18-29)40(52)47-31-26-60-34(30(31)22-37(47)50)12-8-9-13-35(48)43-20-10-6-7-11-21-44-36(49)19-16-28-24-46(41(53)45-39(28)51)38-23-32(56-4)33(58-38)25-57-59(5,54)55/h14-19,24,30-34,38H,6-13,20-23,25-26H2,1-5H3,(H,43,48)(H,44,49)(H,54,55)(H,45,51,53)/b19-16+/t30?,31?,32-,33-,34?,38-/m1/s1. The number of rotatable bonds is 20. The Hall–Kier alpha value is -3.86. The smallest absolute Gasteiger partial charge is 0.330 e. The summed E-state index contributed by atoms with van der Waals surface area (Å²) in [6.45, 7) is 8.21. The number of ether oxygens (including phenoxy) is 2. The van der Waals surface area contributed by atoms with Crippen LogP contribution < -0.4 is 21.9 Å². The van der Waals surface area contributed by atoms with Crippen LogP contribution in [0.5, 0.6) is 0 Å². The normalized spacial score (nSPS) is 23.8. The Labute approximate surface area is 355 Å². The van der Waals surface area contributed by atoms with Crippen LogP contribution in [0.25, 0.3) is 6.08 Å². The molecule has 18 heteroatoms. The van der Waals surface area contributed by atoms with Crippen LogP contribution in [0.1, 0.15) is 113 Å². The highest BCUT2D eigenvalue weighted by atomic mass is 32.2. The summed E-state index contributed by atoms with van der Waals surface area (Å²) in [7, 11) is -2.31. The Morgan fingerprint density at radius 1 is 1.03 bits per heavy atom. The van der Waals surface area contributed by atoms with E-state index in [2.05, 4.69) is 36.4 Å². The van der Waals surface area contributed by atoms with Gasteiger partial charge in [0.1, 0.15) is 12.3 Å². The molecule has 3 aliphatic heterocycles. The van der Waals surface area contributed by atoms with Gasteiger partial charge in [0.2, 0.25) is 17.7 Å². The molecule has 2 aromatic rings. The first-order valence-corrected chi connectivity index (χ1v) is 23.8. The van der Waals surface area contributed by atoms with Crippen LogP contribution in [-0.2, 0) is 38.4 Å². The van der Waals surface area contributed by atoms with Crippen LogP contribution >= 0.6 is 19.4 Å². The van der Waals surface area contributed by atoms with E-state index < -0.39 is 43.2 Å². The van der Waals surface area contributed by atoms with Crippen molar-refractivity contribution in [1.82, 2.24) is 25.1 Å². The molecule has 0 bridgehead atoms. The molecule has 60 heavy (non-hydrogen) atoms. The third-order valence-corrected chi connectivity index (χ3v) is 13.4. The fourth-order valence-electron chi connectivity index (χ4n) is 7.85. The van der Waals surface area contributed by atoms with E-state index in [0.717, 1.165) is 62.9 Å². The van der Waals surface area contributed by atoms with Crippen molar-refractivity contribution in [2.75, 3.05) is 39.2 Å². The van der Waals surface area contributed by atoms with Crippen molar-refractivity contribution in [3.8, 4) is 0 Å². The van der Waals surface area contributed by atoms with Gasteiger partial charge in [0.25, 0.3) is 11.5 Å². The molecule has 4 heterocycles. The Morgan fingerprint density at radius 3 is 2.40 bits per heavy atom. The predicted molar refractivity (Wildman–Crippen MR) is 229 cm³/mol. The quantitative estimate of drug-likeness (QED) is 0.0626. The van der Waals surface area contributed by atoms with Gasteiger partial charge in [-0.25, -0.2) is 4.79 Å². The largest absolute Gasteiger partial charge is 0.378 e. The van der Waals surface area contributed by atoms with Gasteiger partial charge >= 0.3 is 13.3 Å². The number of likely N-dealkylation sites (tertiary alicyclic amines) is 1. The number of aromatic amines is 1. The Morgan fingerprint density at radius 2 is 1.73 bits per heavy atom. The number of hydrogen-bond donors (Lipinski definition) is 4. The molecule has 4 N–H and O–H groups in total. The van der Waals surface area contributed by atoms with Gasteiger partial charge in [0.05, 0.1) is 24.3 Å². The van der Waals surface area contributed by atoms with Crippen molar-refractivity contribution < 1.29 is 42.6 Å². The highest BCUT2D eigenvalue weighted by Gasteiger charge is 2.50. The summed E-state index contributed by atoms with van der Waals surface area (Å²) >= 11 is 1.84. The van der Waals surface area contributed by atoms with Gasteiger partial charge in [-0.3, -0.25) is 43.0 Å². The van der Waals surface area contributed by atoms with Crippen LogP contribution in [-0.4, -0.2) is 106 Å². The highest BCUT2D eigenvalue weighted by Crippen LogP contribution is 2.45. The summed E-state index contributed by atoms with van der Waals surface area (Å²) in [5.41, 5.74) is 0.335. The lowest BCUT2D eigenvalue weighted by Gasteiger charge is -2.23. The molecule has 0 aliphatic carbocycles. The molecule has 0 spiro atoms. The number of benzene rings is 1. The van der Waals surface area contributed by atoms with E-state index in [-0.39, 0.29) is 53.7 Å². The highest BCUT2D eigenvalue weighted by molar-refractivity contribution is 8.00. The maximum Gasteiger partial charge on any atom is 0.330 e. The van der Waals surface area contributed by atoms with Gasteiger partial charge in [0.15, 0.2) is 0 Å². The molecule has 4 amide bonds. The van der Waals surface area contributed by atoms with Crippen molar-refractivity contribution in [2.24, 2.45) is 5.92 Å². The first kappa shape index (κ1) is 47.2. The Balaban J connectivity index is 0.920. The van der Waals surface area contributed by atoms with Gasteiger partial charge in [-0.2, -0.15) is 11.8 Å². The van der Waals surface area contributed by atoms with E-state index in [1.165, 1.54) is 34.9 Å². The number of hydrogen-bond acceptors (Lipinski definition) is 11. The van der Waals surface area contributed by atoms with E-state index in [1.54, 1.807) is 0 Å². The molecule has 0 radical (unpaired) electrons. The van der Waals surface area contributed by atoms with Gasteiger partial charge in [-0.1, -0.05) is 52.2 Å². The zero-order valence-corrected chi connectivity index (χ0v) is 36.9. The third-order valence-electron chi connectivity index (χ3n) is 11.2. The summed E-state index contributed by atoms with van der Waals surface area (Å²) < 4.78 is 29.0. The third kappa shape index (κ3) is 13.1. The molecule has 1 aromatic carbocycles. The second kappa shape index (κ2) is 21.3. The lowest BCUT2D eigenvalue weighted by molar-refractivity contribution is -0.126. The van der Waals surface area contributed by atoms with Crippen LogP contribution in [0.3, 0.4) is 0 Å². The number of unbranched alkanes of at least 4 members (excludes halogenated alkanes) is 4. The number of imide groups is 1. The minimum Gasteiger partial charge on any atom is -0.378 e. The van der Waals surface area contributed by atoms with Crippen molar-refractivity contribution in [3.05, 3.63) is 74.1 Å². The number of amides is 4. The van der Waals surface area contributed by atoms with Crippen molar-refractivity contribution in [1.29, 1.82) is 0 Å². The average molecular weight is 874 g/mol. The number of thioether (sulfide) groups is 1. The van der Waals surface area contributed by atoms with Gasteiger partial charge in [0, 0.05) is 80.9 Å². The molecule has 7 atom stereocenters. The molecule has 3 fully saturated rings. The number of nitrogens with one attached hydrogen (secondary N) is 3. The second-order valence-corrected chi connectivity index (χ2v) is 20.0. The average Bonchev–Trinajstić information content (AvgIpc) is 3.88. The second-order valence-electron chi connectivity index (χ2n) is 16.8. The summed E-state index contributed by atoms with van der Waals surface area (Å²) in [5.74, 6) is 0.227. The molecule has 3 saturated heterocycles. The van der Waals surface area contributed by atoms with Crippen LogP contribution in [0.2, 0.25) is 0 Å². The minimum atomic E-state index is -3.76. The number of methoxy groups -OCH3 is 1. The van der Waals surface area contributed by atoms with Gasteiger partial charge in [-0.15, -0.1) is 0 Å². The number of carbonyl (C=O) groups is 4. The van der Waals surface area contributed by atoms with E-state index in [9.17, 15) is 38.2 Å². The van der Waals surface area contributed by atoms with Gasteiger partial charge in [-0.05, 0) is 54.9 Å². The van der Waals surface area contributed by atoms with Gasteiger partial charge < -0.3 is 29.5 Å².